The van der Waals surface area contributed by atoms with Gasteiger partial charge in [-0.15, -0.1) is 0 Å². The fourth-order valence-electron chi connectivity index (χ4n) is 2.18. The van der Waals surface area contributed by atoms with E-state index in [9.17, 15) is 5.11 Å². The van der Waals surface area contributed by atoms with Crippen LogP contribution in [0.5, 0.6) is 0 Å². The van der Waals surface area contributed by atoms with E-state index in [1.54, 1.807) is 7.11 Å². The van der Waals surface area contributed by atoms with Crippen LogP contribution in [0.2, 0.25) is 0 Å². The average Bonchev–Trinajstić information content (AvgIpc) is 2.52. The molecule has 0 saturated carbocycles. The van der Waals surface area contributed by atoms with Crippen molar-refractivity contribution in [2.45, 2.75) is 44.8 Å². The highest BCUT2D eigenvalue weighted by Gasteiger charge is 2.29. The maximum atomic E-state index is 9.59. The predicted molar refractivity (Wildman–Crippen MR) is 57.4 cm³/mol. The second-order valence-corrected chi connectivity index (χ2v) is 4.17. The Morgan fingerprint density at radius 1 is 1.50 bits per heavy atom. The largest absolute Gasteiger partial charge is 0.392 e. The summed E-state index contributed by atoms with van der Waals surface area (Å²) in [4.78, 5) is 2.36. The third-order valence-electron chi connectivity index (χ3n) is 2.98. The molecule has 3 nitrogen and oxygen atoms in total. The zero-order chi connectivity index (χ0) is 10.4. The quantitative estimate of drug-likeness (QED) is 0.702. The second-order valence-electron chi connectivity index (χ2n) is 4.17. The molecule has 1 rings (SSSR count). The molecule has 1 N–H and O–H groups in total. The summed E-state index contributed by atoms with van der Waals surface area (Å²) in [6, 6.07) is 0.583. The monoisotopic (exact) mass is 201 g/mol. The molecule has 1 aliphatic heterocycles. The summed E-state index contributed by atoms with van der Waals surface area (Å²) >= 11 is 0. The van der Waals surface area contributed by atoms with Crippen LogP contribution in [0.25, 0.3) is 0 Å². The Hall–Kier alpha value is -0.120. The van der Waals surface area contributed by atoms with Gasteiger partial charge in [-0.25, -0.2) is 0 Å². The van der Waals surface area contributed by atoms with E-state index in [1.807, 2.05) is 0 Å². The smallest absolute Gasteiger partial charge is 0.0682 e. The Morgan fingerprint density at radius 3 is 2.93 bits per heavy atom. The molecule has 1 fully saturated rings. The van der Waals surface area contributed by atoms with Gasteiger partial charge in [-0.1, -0.05) is 19.8 Å². The maximum absolute atomic E-state index is 9.59. The summed E-state index contributed by atoms with van der Waals surface area (Å²) in [5.41, 5.74) is 0. The lowest BCUT2D eigenvalue weighted by Crippen LogP contribution is -2.32. The van der Waals surface area contributed by atoms with Crippen molar-refractivity contribution in [1.29, 1.82) is 0 Å². The van der Waals surface area contributed by atoms with E-state index in [4.69, 9.17) is 4.74 Å². The fourth-order valence-corrected chi connectivity index (χ4v) is 2.18. The minimum absolute atomic E-state index is 0.117. The lowest BCUT2D eigenvalue weighted by molar-refractivity contribution is 0.128. The zero-order valence-corrected chi connectivity index (χ0v) is 9.41. The first-order valence-corrected chi connectivity index (χ1v) is 5.69. The van der Waals surface area contributed by atoms with Gasteiger partial charge in [-0.05, 0) is 12.8 Å². The number of hydrogen-bond acceptors (Lipinski definition) is 3. The van der Waals surface area contributed by atoms with Crippen molar-refractivity contribution in [2.24, 2.45) is 0 Å². The minimum atomic E-state index is -0.117. The van der Waals surface area contributed by atoms with Gasteiger partial charge in [-0.2, -0.15) is 0 Å². The Kier molecular flexibility index (Phi) is 5.45. The van der Waals surface area contributed by atoms with Gasteiger partial charge in [0.05, 0.1) is 12.7 Å². The van der Waals surface area contributed by atoms with Crippen molar-refractivity contribution < 1.29 is 9.84 Å². The number of aliphatic hydroxyl groups is 1. The first-order chi connectivity index (χ1) is 6.77. The lowest BCUT2D eigenvalue weighted by atomic mass is 10.1. The summed E-state index contributed by atoms with van der Waals surface area (Å²) in [5.74, 6) is 0. The summed E-state index contributed by atoms with van der Waals surface area (Å²) in [6.45, 7) is 4.78. The van der Waals surface area contributed by atoms with Crippen LogP contribution < -0.4 is 0 Å². The Bertz CT molecular complexity index is 136. The van der Waals surface area contributed by atoms with Gasteiger partial charge >= 0.3 is 0 Å². The van der Waals surface area contributed by atoms with Crippen molar-refractivity contribution in [3.8, 4) is 0 Å². The van der Waals surface area contributed by atoms with E-state index in [-0.39, 0.29) is 6.10 Å². The first-order valence-electron chi connectivity index (χ1n) is 5.69. The Morgan fingerprint density at radius 2 is 2.29 bits per heavy atom. The van der Waals surface area contributed by atoms with E-state index in [0.29, 0.717) is 6.04 Å². The summed E-state index contributed by atoms with van der Waals surface area (Å²) in [7, 11) is 1.73. The normalized spacial score (nSPS) is 28.5. The number of methoxy groups -OCH3 is 1. The number of likely N-dealkylation sites (tertiary alicyclic amines) is 1. The second kappa shape index (κ2) is 6.38. The fraction of sp³-hybridized carbons (Fsp3) is 1.00. The zero-order valence-electron chi connectivity index (χ0n) is 9.41. The Labute approximate surface area is 87.1 Å². The average molecular weight is 201 g/mol. The van der Waals surface area contributed by atoms with Gasteiger partial charge in [0.1, 0.15) is 0 Å². The molecule has 0 aliphatic carbocycles. The highest BCUT2D eigenvalue weighted by Crippen LogP contribution is 2.21. The first kappa shape index (κ1) is 12.0. The van der Waals surface area contributed by atoms with Crippen molar-refractivity contribution in [2.75, 3.05) is 26.8 Å². The van der Waals surface area contributed by atoms with Gasteiger partial charge in [0.25, 0.3) is 0 Å². The van der Waals surface area contributed by atoms with E-state index in [0.717, 1.165) is 26.1 Å². The van der Waals surface area contributed by atoms with Crippen LogP contribution in [-0.4, -0.2) is 49.0 Å². The number of aliphatic hydroxyl groups excluding tert-OH is 1. The van der Waals surface area contributed by atoms with Crippen molar-refractivity contribution in [3.63, 3.8) is 0 Å². The Balaban J connectivity index is 2.29. The lowest BCUT2D eigenvalue weighted by Gasteiger charge is -2.23. The van der Waals surface area contributed by atoms with Crippen LogP contribution in [0.3, 0.4) is 0 Å². The van der Waals surface area contributed by atoms with Crippen LogP contribution in [0.1, 0.15) is 32.6 Å². The van der Waals surface area contributed by atoms with Crippen LogP contribution in [0.4, 0.5) is 0 Å². The SMILES string of the molecule is CCCC[C@@H]1C[C@H](O)CN1CCOC. The number of ether oxygens (including phenoxy) is 1. The molecule has 1 aliphatic rings. The van der Waals surface area contributed by atoms with Crippen LogP contribution >= 0.6 is 0 Å². The molecule has 3 heteroatoms. The van der Waals surface area contributed by atoms with Gasteiger partial charge in [0, 0.05) is 26.2 Å². The molecular weight excluding hydrogens is 178 g/mol. The van der Waals surface area contributed by atoms with Gasteiger partial charge in [-0.3, -0.25) is 4.90 Å². The maximum Gasteiger partial charge on any atom is 0.0682 e. The standard InChI is InChI=1S/C11H23NO2/c1-3-4-5-10-8-11(13)9-12(10)6-7-14-2/h10-11,13H,3-9H2,1-2H3/t10-,11+/m1/s1. The number of hydrogen-bond donors (Lipinski definition) is 1. The molecule has 0 aromatic rings. The van der Waals surface area contributed by atoms with E-state index in [2.05, 4.69) is 11.8 Å². The molecule has 14 heavy (non-hydrogen) atoms. The molecule has 0 unspecified atom stereocenters. The van der Waals surface area contributed by atoms with Crippen molar-refractivity contribution >= 4 is 0 Å². The van der Waals surface area contributed by atoms with Crippen LogP contribution in [-0.2, 0) is 4.74 Å². The molecule has 0 aromatic carbocycles. The van der Waals surface area contributed by atoms with Crippen molar-refractivity contribution in [1.82, 2.24) is 4.90 Å². The summed E-state index contributed by atoms with van der Waals surface area (Å²) in [5, 5.41) is 9.59. The molecular formula is C11H23NO2. The predicted octanol–water partition coefficient (Wildman–Crippen LogP) is 1.26. The molecule has 84 valence electrons. The van der Waals surface area contributed by atoms with E-state index in [1.165, 1.54) is 19.3 Å². The summed E-state index contributed by atoms with van der Waals surface area (Å²) < 4.78 is 5.07. The topological polar surface area (TPSA) is 32.7 Å². The molecule has 1 heterocycles. The molecule has 1 saturated heterocycles. The van der Waals surface area contributed by atoms with Crippen molar-refractivity contribution in [3.05, 3.63) is 0 Å². The molecule has 0 spiro atoms. The van der Waals surface area contributed by atoms with Gasteiger partial charge in [0.2, 0.25) is 0 Å². The third kappa shape index (κ3) is 3.56. The molecule has 0 aromatic heterocycles. The molecule has 0 radical (unpaired) electrons. The highest BCUT2D eigenvalue weighted by atomic mass is 16.5. The van der Waals surface area contributed by atoms with Gasteiger partial charge in [0.15, 0.2) is 0 Å². The molecule has 0 bridgehead atoms. The summed E-state index contributed by atoms with van der Waals surface area (Å²) in [6.07, 6.45) is 4.56. The molecule has 0 amide bonds. The van der Waals surface area contributed by atoms with Crippen LogP contribution in [0.15, 0.2) is 0 Å². The number of nitrogens with zero attached hydrogens (tertiary/aromatic N) is 1. The van der Waals surface area contributed by atoms with E-state index >= 15 is 0 Å². The highest BCUT2D eigenvalue weighted by molar-refractivity contribution is 4.84. The number of β-amino-alcohol motifs (C(OH)–C–C–N with tert-alkyl or cyclic N) is 1. The third-order valence-corrected chi connectivity index (χ3v) is 2.98. The minimum Gasteiger partial charge on any atom is -0.392 e. The molecule has 2 atom stereocenters. The van der Waals surface area contributed by atoms with Crippen LogP contribution in [0, 0.1) is 0 Å². The van der Waals surface area contributed by atoms with Gasteiger partial charge < -0.3 is 9.84 Å². The number of unbranched alkanes of at least 4 members (excludes halogenated alkanes) is 1. The number of rotatable bonds is 6. The van der Waals surface area contributed by atoms with E-state index < -0.39 is 0 Å².